The molecule has 2 aromatic carbocycles. The van der Waals surface area contributed by atoms with Gasteiger partial charge in [-0.3, -0.25) is 0 Å². The highest BCUT2D eigenvalue weighted by Crippen LogP contribution is 2.26. The van der Waals surface area contributed by atoms with Crippen molar-refractivity contribution in [1.82, 2.24) is 4.90 Å². The van der Waals surface area contributed by atoms with Gasteiger partial charge in [0.05, 0.1) is 25.9 Å². The van der Waals surface area contributed by atoms with Crippen molar-refractivity contribution in [2.45, 2.75) is 13.0 Å². The van der Waals surface area contributed by atoms with E-state index in [2.05, 4.69) is 5.32 Å². The van der Waals surface area contributed by atoms with Crippen LogP contribution in [-0.4, -0.2) is 37.7 Å². The number of benzene rings is 2. The largest absolute Gasteiger partial charge is 0.497 e. The molecule has 6 heteroatoms. The van der Waals surface area contributed by atoms with E-state index in [0.29, 0.717) is 25.3 Å². The van der Waals surface area contributed by atoms with Gasteiger partial charge in [-0.2, -0.15) is 0 Å². The van der Waals surface area contributed by atoms with E-state index in [9.17, 15) is 9.18 Å². The number of carbonyl (C=O) groups is 1. The Morgan fingerprint density at radius 2 is 2.12 bits per heavy atom. The number of para-hydroxylation sites is 1. The Morgan fingerprint density at radius 3 is 2.88 bits per heavy atom. The molecule has 0 spiro atoms. The van der Waals surface area contributed by atoms with Gasteiger partial charge in [0.25, 0.3) is 0 Å². The van der Waals surface area contributed by atoms with Crippen LogP contribution in [0.5, 0.6) is 5.75 Å². The van der Waals surface area contributed by atoms with Gasteiger partial charge in [-0.1, -0.05) is 24.3 Å². The number of nitrogens with zero attached hydrogens (tertiary/aromatic N) is 1. The van der Waals surface area contributed by atoms with Crippen LogP contribution in [-0.2, 0) is 4.74 Å². The van der Waals surface area contributed by atoms with Crippen molar-refractivity contribution in [3.05, 3.63) is 59.4 Å². The van der Waals surface area contributed by atoms with Crippen LogP contribution in [0.1, 0.15) is 17.2 Å². The van der Waals surface area contributed by atoms with Crippen molar-refractivity contribution in [3.63, 3.8) is 0 Å². The zero-order valence-corrected chi connectivity index (χ0v) is 14.3. The van der Waals surface area contributed by atoms with Gasteiger partial charge in [0, 0.05) is 6.54 Å². The van der Waals surface area contributed by atoms with Crippen LogP contribution in [0, 0.1) is 12.7 Å². The Morgan fingerprint density at radius 1 is 1.32 bits per heavy atom. The number of morpholine rings is 1. The van der Waals surface area contributed by atoms with Gasteiger partial charge in [0.15, 0.2) is 0 Å². The molecule has 2 aromatic rings. The highest BCUT2D eigenvalue weighted by atomic mass is 19.1. The van der Waals surface area contributed by atoms with Crippen molar-refractivity contribution < 1.29 is 18.7 Å². The first-order valence-corrected chi connectivity index (χ1v) is 8.15. The zero-order valence-electron chi connectivity index (χ0n) is 14.3. The highest BCUT2D eigenvalue weighted by Gasteiger charge is 2.26. The third-order valence-electron chi connectivity index (χ3n) is 4.27. The molecule has 0 bridgehead atoms. The maximum Gasteiger partial charge on any atom is 0.322 e. The number of amides is 2. The fourth-order valence-electron chi connectivity index (χ4n) is 2.85. The molecule has 3 rings (SSSR count). The lowest BCUT2D eigenvalue weighted by Gasteiger charge is -2.33. The molecule has 0 saturated carbocycles. The quantitative estimate of drug-likeness (QED) is 0.923. The van der Waals surface area contributed by atoms with Gasteiger partial charge in [-0.15, -0.1) is 0 Å². The lowest BCUT2D eigenvalue weighted by atomic mass is 10.1. The third-order valence-corrected chi connectivity index (χ3v) is 4.27. The van der Waals surface area contributed by atoms with E-state index in [1.54, 1.807) is 31.1 Å². The molecule has 132 valence electrons. The molecule has 1 fully saturated rings. The third kappa shape index (κ3) is 3.91. The van der Waals surface area contributed by atoms with E-state index >= 15 is 0 Å². The Kier molecular flexibility index (Phi) is 5.19. The number of halogens is 1. The van der Waals surface area contributed by atoms with Gasteiger partial charge < -0.3 is 19.7 Å². The van der Waals surface area contributed by atoms with E-state index in [1.165, 1.54) is 6.07 Å². The maximum absolute atomic E-state index is 13.9. The van der Waals surface area contributed by atoms with Gasteiger partial charge >= 0.3 is 6.03 Å². The topological polar surface area (TPSA) is 50.8 Å². The molecule has 1 unspecified atom stereocenters. The summed E-state index contributed by atoms with van der Waals surface area (Å²) in [6, 6.07) is 12.0. The maximum atomic E-state index is 13.9. The van der Waals surface area contributed by atoms with Crippen molar-refractivity contribution in [1.29, 1.82) is 0 Å². The molecule has 5 nitrogen and oxygen atoms in total. The van der Waals surface area contributed by atoms with Crippen molar-refractivity contribution in [2.24, 2.45) is 0 Å². The number of carbonyl (C=O) groups excluding carboxylic acids is 1. The minimum absolute atomic E-state index is 0.219. The lowest BCUT2D eigenvalue weighted by Crippen LogP contribution is -2.44. The van der Waals surface area contributed by atoms with Gasteiger partial charge in [0.1, 0.15) is 17.7 Å². The van der Waals surface area contributed by atoms with E-state index in [-0.39, 0.29) is 17.8 Å². The summed E-state index contributed by atoms with van der Waals surface area (Å²) in [6.45, 7) is 3.04. The first-order chi connectivity index (χ1) is 12.1. The molecular formula is C19H21FN2O3. The number of hydrogen-bond donors (Lipinski definition) is 1. The second-order valence-corrected chi connectivity index (χ2v) is 5.94. The normalized spacial score (nSPS) is 17.2. The Hall–Kier alpha value is -2.60. The number of hydrogen-bond acceptors (Lipinski definition) is 3. The molecule has 25 heavy (non-hydrogen) atoms. The van der Waals surface area contributed by atoms with E-state index in [0.717, 1.165) is 11.3 Å². The van der Waals surface area contributed by atoms with Gasteiger partial charge in [-0.05, 0) is 36.2 Å². The standard InChI is InChI=1S/C19H21FN2O3/c1-13-5-3-8-16(20)18(13)21-19(23)22-9-10-25-17(12-22)14-6-4-7-15(11-14)24-2/h3-8,11,17H,9-10,12H2,1-2H3,(H,21,23). The summed E-state index contributed by atoms with van der Waals surface area (Å²) in [5.74, 6) is 0.301. The predicted octanol–water partition coefficient (Wildman–Crippen LogP) is 3.75. The van der Waals surface area contributed by atoms with Crippen molar-refractivity contribution in [2.75, 3.05) is 32.1 Å². The molecule has 1 heterocycles. The average Bonchev–Trinajstić information content (AvgIpc) is 2.65. The molecule has 1 N–H and O–H groups in total. The van der Waals surface area contributed by atoms with E-state index in [4.69, 9.17) is 9.47 Å². The number of anilines is 1. The van der Waals surface area contributed by atoms with Crippen molar-refractivity contribution >= 4 is 11.7 Å². The Balaban J connectivity index is 1.71. The average molecular weight is 344 g/mol. The number of nitrogens with one attached hydrogen (secondary N) is 1. The van der Waals surface area contributed by atoms with Crippen LogP contribution in [0.3, 0.4) is 0 Å². The molecule has 1 aliphatic heterocycles. The summed E-state index contributed by atoms with van der Waals surface area (Å²) < 4.78 is 25.0. The molecule has 2 amide bonds. The number of rotatable bonds is 3. The summed E-state index contributed by atoms with van der Waals surface area (Å²) in [5.41, 5.74) is 1.85. The highest BCUT2D eigenvalue weighted by molar-refractivity contribution is 5.90. The molecule has 0 radical (unpaired) electrons. The first kappa shape index (κ1) is 17.2. The smallest absolute Gasteiger partial charge is 0.322 e. The van der Waals surface area contributed by atoms with Crippen LogP contribution < -0.4 is 10.1 Å². The Labute approximate surface area is 146 Å². The number of methoxy groups -OCH3 is 1. The number of aryl methyl sites for hydroxylation is 1. The van der Waals surface area contributed by atoms with Crippen LogP contribution in [0.15, 0.2) is 42.5 Å². The summed E-state index contributed by atoms with van der Waals surface area (Å²) in [4.78, 5) is 14.2. The van der Waals surface area contributed by atoms with E-state index in [1.807, 2.05) is 24.3 Å². The molecule has 1 saturated heterocycles. The summed E-state index contributed by atoms with van der Waals surface area (Å²) in [6.07, 6.45) is -0.240. The van der Waals surface area contributed by atoms with Crippen LogP contribution in [0.25, 0.3) is 0 Å². The summed E-state index contributed by atoms with van der Waals surface area (Å²) in [5, 5.41) is 2.67. The molecule has 1 aliphatic rings. The van der Waals surface area contributed by atoms with Crippen LogP contribution in [0.2, 0.25) is 0 Å². The monoisotopic (exact) mass is 344 g/mol. The van der Waals surface area contributed by atoms with Gasteiger partial charge in [-0.25, -0.2) is 9.18 Å². The van der Waals surface area contributed by atoms with Crippen LogP contribution in [0.4, 0.5) is 14.9 Å². The molecule has 0 aromatic heterocycles. The zero-order chi connectivity index (χ0) is 17.8. The first-order valence-electron chi connectivity index (χ1n) is 8.15. The van der Waals surface area contributed by atoms with Crippen LogP contribution >= 0.6 is 0 Å². The Bertz CT molecular complexity index is 746. The lowest BCUT2D eigenvalue weighted by molar-refractivity contribution is -0.0135. The summed E-state index contributed by atoms with van der Waals surface area (Å²) in [7, 11) is 1.61. The minimum Gasteiger partial charge on any atom is -0.497 e. The molecular weight excluding hydrogens is 323 g/mol. The fourth-order valence-corrected chi connectivity index (χ4v) is 2.85. The molecule has 0 aliphatic carbocycles. The minimum atomic E-state index is -0.439. The van der Waals surface area contributed by atoms with E-state index < -0.39 is 5.82 Å². The summed E-state index contributed by atoms with van der Waals surface area (Å²) >= 11 is 0. The predicted molar refractivity (Wildman–Crippen MR) is 93.4 cm³/mol. The second kappa shape index (κ2) is 7.53. The number of ether oxygens (including phenoxy) is 2. The fraction of sp³-hybridized carbons (Fsp3) is 0.316. The van der Waals surface area contributed by atoms with Gasteiger partial charge in [0.2, 0.25) is 0 Å². The van der Waals surface area contributed by atoms with Crippen molar-refractivity contribution in [3.8, 4) is 5.75 Å². The number of urea groups is 1. The molecule has 1 atom stereocenters. The SMILES string of the molecule is COc1cccc(C2CN(C(=O)Nc3c(C)cccc3F)CCO2)c1. The second-order valence-electron chi connectivity index (χ2n) is 5.94.